The third-order valence-electron chi connectivity index (χ3n) is 2.16. The minimum Gasteiger partial charge on any atom is -0.367 e. The van der Waals surface area contributed by atoms with Gasteiger partial charge in [-0.15, -0.1) is 0 Å². The van der Waals surface area contributed by atoms with Crippen molar-refractivity contribution >= 4 is 28.4 Å². The van der Waals surface area contributed by atoms with E-state index in [9.17, 15) is 0 Å². The summed E-state index contributed by atoms with van der Waals surface area (Å²) in [6.07, 6.45) is 4.28. The molecule has 12 heavy (non-hydrogen) atoms. The molecule has 0 fully saturated rings. The molecule has 2 nitrogen and oxygen atoms in total. The van der Waals surface area contributed by atoms with Crippen molar-refractivity contribution in [2.75, 3.05) is 5.32 Å². The fraction of sp³-hybridized carbons (Fsp3) is 0.444. The Kier molecular flexibility index (Phi) is 2.21. The SMILES string of the molecule is CC1CCc2cc(I)cnc2N1. The van der Waals surface area contributed by atoms with E-state index in [1.54, 1.807) is 0 Å². The second kappa shape index (κ2) is 3.20. The maximum atomic E-state index is 4.35. The van der Waals surface area contributed by atoms with Crippen molar-refractivity contribution in [2.24, 2.45) is 0 Å². The molecule has 2 heterocycles. The number of rotatable bonds is 0. The minimum atomic E-state index is 0.574. The Balaban J connectivity index is 2.37. The highest BCUT2D eigenvalue weighted by atomic mass is 127. The fourth-order valence-electron chi connectivity index (χ4n) is 1.48. The Morgan fingerprint density at radius 2 is 2.50 bits per heavy atom. The van der Waals surface area contributed by atoms with Gasteiger partial charge in [0.05, 0.1) is 0 Å². The van der Waals surface area contributed by atoms with Crippen molar-refractivity contribution in [3.8, 4) is 0 Å². The van der Waals surface area contributed by atoms with Crippen molar-refractivity contribution < 1.29 is 0 Å². The summed E-state index contributed by atoms with van der Waals surface area (Å²) in [5, 5.41) is 3.37. The van der Waals surface area contributed by atoms with Gasteiger partial charge < -0.3 is 5.32 Å². The Hall–Kier alpha value is -0.320. The number of pyridine rings is 1. The summed E-state index contributed by atoms with van der Waals surface area (Å²) in [6, 6.07) is 2.78. The van der Waals surface area contributed by atoms with E-state index in [0.717, 1.165) is 12.2 Å². The standard InChI is InChI=1S/C9H11IN2/c1-6-2-3-7-4-8(10)5-11-9(7)12-6/h4-6H,2-3H2,1H3,(H,11,12). The zero-order valence-corrected chi connectivity index (χ0v) is 9.13. The van der Waals surface area contributed by atoms with Crippen LogP contribution in [0.15, 0.2) is 12.3 Å². The average molecular weight is 274 g/mol. The van der Waals surface area contributed by atoms with Gasteiger partial charge in [-0.3, -0.25) is 0 Å². The number of hydrogen-bond acceptors (Lipinski definition) is 2. The molecule has 64 valence electrons. The molecule has 0 aliphatic carbocycles. The molecule has 1 aliphatic heterocycles. The van der Waals surface area contributed by atoms with Crippen LogP contribution in [0.2, 0.25) is 0 Å². The first-order valence-electron chi connectivity index (χ1n) is 4.16. The molecule has 0 saturated heterocycles. The van der Waals surface area contributed by atoms with Gasteiger partial charge in [0.2, 0.25) is 0 Å². The van der Waals surface area contributed by atoms with Gasteiger partial charge >= 0.3 is 0 Å². The van der Waals surface area contributed by atoms with Crippen LogP contribution in [0.5, 0.6) is 0 Å². The molecule has 0 amide bonds. The van der Waals surface area contributed by atoms with Gasteiger partial charge in [-0.05, 0) is 54.0 Å². The van der Waals surface area contributed by atoms with Crippen LogP contribution in [0.3, 0.4) is 0 Å². The van der Waals surface area contributed by atoms with Crippen LogP contribution < -0.4 is 5.32 Å². The van der Waals surface area contributed by atoms with Gasteiger partial charge in [-0.25, -0.2) is 4.98 Å². The normalized spacial score (nSPS) is 21.3. The number of halogens is 1. The van der Waals surface area contributed by atoms with Crippen molar-refractivity contribution in [1.29, 1.82) is 0 Å². The van der Waals surface area contributed by atoms with Crippen molar-refractivity contribution in [2.45, 2.75) is 25.8 Å². The molecule has 2 rings (SSSR count). The highest BCUT2D eigenvalue weighted by Crippen LogP contribution is 2.23. The number of aromatic nitrogens is 1. The summed E-state index contributed by atoms with van der Waals surface area (Å²) < 4.78 is 1.22. The van der Waals surface area contributed by atoms with Crippen LogP contribution in [-0.4, -0.2) is 11.0 Å². The van der Waals surface area contributed by atoms with Crippen LogP contribution in [0.4, 0.5) is 5.82 Å². The second-order valence-electron chi connectivity index (χ2n) is 3.25. The molecule has 1 aromatic heterocycles. The number of nitrogens with zero attached hydrogens (tertiary/aromatic N) is 1. The van der Waals surface area contributed by atoms with E-state index in [1.807, 2.05) is 6.20 Å². The maximum absolute atomic E-state index is 4.35. The molecule has 0 aromatic carbocycles. The Labute approximate surface area is 85.9 Å². The quantitative estimate of drug-likeness (QED) is 0.735. The van der Waals surface area contributed by atoms with E-state index >= 15 is 0 Å². The lowest BCUT2D eigenvalue weighted by atomic mass is 10.0. The molecule has 1 aromatic rings. The number of aryl methyl sites for hydroxylation is 1. The molecule has 1 aliphatic rings. The third-order valence-corrected chi connectivity index (χ3v) is 2.75. The summed E-state index contributed by atoms with van der Waals surface area (Å²) in [7, 11) is 0. The lowest BCUT2D eigenvalue weighted by Crippen LogP contribution is -2.22. The summed E-state index contributed by atoms with van der Waals surface area (Å²) in [5.41, 5.74) is 1.36. The van der Waals surface area contributed by atoms with Crippen molar-refractivity contribution in [1.82, 2.24) is 4.98 Å². The number of fused-ring (bicyclic) bond motifs is 1. The van der Waals surface area contributed by atoms with Gasteiger partial charge in [0.25, 0.3) is 0 Å². The molecule has 1 atom stereocenters. The van der Waals surface area contributed by atoms with Gasteiger partial charge in [0.1, 0.15) is 5.82 Å². The first-order valence-corrected chi connectivity index (χ1v) is 5.24. The third kappa shape index (κ3) is 1.55. The lowest BCUT2D eigenvalue weighted by Gasteiger charge is -2.22. The number of anilines is 1. The Morgan fingerprint density at radius 1 is 1.67 bits per heavy atom. The molecule has 0 spiro atoms. The smallest absolute Gasteiger partial charge is 0.129 e. The molecule has 3 heteroatoms. The molecular formula is C9H11IN2. The summed E-state index contributed by atoms with van der Waals surface area (Å²) in [5.74, 6) is 1.08. The molecule has 0 radical (unpaired) electrons. The number of hydrogen-bond donors (Lipinski definition) is 1. The van der Waals surface area contributed by atoms with E-state index in [4.69, 9.17) is 0 Å². The highest BCUT2D eigenvalue weighted by molar-refractivity contribution is 14.1. The first-order chi connectivity index (χ1) is 5.75. The van der Waals surface area contributed by atoms with Crippen LogP contribution in [0.1, 0.15) is 18.9 Å². The van der Waals surface area contributed by atoms with Crippen LogP contribution >= 0.6 is 22.6 Å². The highest BCUT2D eigenvalue weighted by Gasteiger charge is 2.14. The van der Waals surface area contributed by atoms with Crippen LogP contribution in [-0.2, 0) is 6.42 Å². The van der Waals surface area contributed by atoms with Gasteiger partial charge in [0.15, 0.2) is 0 Å². The molecule has 1 N–H and O–H groups in total. The molecule has 0 bridgehead atoms. The summed E-state index contributed by atoms with van der Waals surface area (Å²) in [6.45, 7) is 2.20. The summed E-state index contributed by atoms with van der Waals surface area (Å²) in [4.78, 5) is 4.35. The predicted molar refractivity (Wildman–Crippen MR) is 58.4 cm³/mol. The maximum Gasteiger partial charge on any atom is 0.129 e. The second-order valence-corrected chi connectivity index (χ2v) is 4.49. The lowest BCUT2D eigenvalue weighted by molar-refractivity contribution is 0.673. The van der Waals surface area contributed by atoms with Crippen molar-refractivity contribution in [3.63, 3.8) is 0 Å². The largest absolute Gasteiger partial charge is 0.367 e. The molecular weight excluding hydrogens is 263 g/mol. The van der Waals surface area contributed by atoms with Crippen molar-refractivity contribution in [3.05, 3.63) is 21.4 Å². The first kappa shape index (κ1) is 8.29. The van der Waals surface area contributed by atoms with E-state index in [1.165, 1.54) is 15.6 Å². The average Bonchev–Trinajstić information content (AvgIpc) is 2.05. The van der Waals surface area contributed by atoms with Gasteiger partial charge in [-0.2, -0.15) is 0 Å². The molecule has 1 unspecified atom stereocenters. The number of nitrogens with one attached hydrogen (secondary N) is 1. The van der Waals surface area contributed by atoms with E-state index in [-0.39, 0.29) is 0 Å². The Morgan fingerprint density at radius 3 is 3.33 bits per heavy atom. The minimum absolute atomic E-state index is 0.574. The van der Waals surface area contributed by atoms with Gasteiger partial charge in [0, 0.05) is 15.8 Å². The predicted octanol–water partition coefficient (Wildman–Crippen LogP) is 2.43. The van der Waals surface area contributed by atoms with E-state index < -0.39 is 0 Å². The zero-order valence-electron chi connectivity index (χ0n) is 6.97. The fourth-order valence-corrected chi connectivity index (χ4v) is 1.99. The van der Waals surface area contributed by atoms with E-state index in [2.05, 4.69) is 45.9 Å². The van der Waals surface area contributed by atoms with Crippen LogP contribution in [0, 0.1) is 3.57 Å². The Bertz CT molecular complexity index is 299. The monoisotopic (exact) mass is 274 g/mol. The van der Waals surface area contributed by atoms with Gasteiger partial charge in [-0.1, -0.05) is 0 Å². The topological polar surface area (TPSA) is 24.9 Å². The van der Waals surface area contributed by atoms with E-state index in [0.29, 0.717) is 6.04 Å². The molecule has 0 saturated carbocycles. The zero-order chi connectivity index (χ0) is 8.55. The van der Waals surface area contributed by atoms with Crippen LogP contribution in [0.25, 0.3) is 0 Å². The summed E-state index contributed by atoms with van der Waals surface area (Å²) >= 11 is 2.30.